The van der Waals surface area contributed by atoms with Crippen molar-refractivity contribution in [1.29, 1.82) is 0 Å². The first-order valence-corrected chi connectivity index (χ1v) is 9.04. The fourth-order valence-electron chi connectivity index (χ4n) is 2.09. The Bertz CT molecular complexity index is 761. The first-order valence-electron chi connectivity index (χ1n) is 7.24. The Morgan fingerprint density at radius 1 is 1.13 bits per heavy atom. The molecule has 6 heteroatoms. The van der Waals surface area contributed by atoms with Gasteiger partial charge >= 0.3 is 0 Å². The number of benzene rings is 2. The molecule has 0 saturated heterocycles. The molecule has 3 rings (SSSR count). The quantitative estimate of drug-likeness (QED) is 0.649. The zero-order valence-electron chi connectivity index (χ0n) is 12.6. The molecule has 0 saturated carbocycles. The standard InChI is InChI=1S/C17H17N3OS2/c1-12-6-5-9-14(10-12)18-16-19-20-17(23-16)22-11-15(21)13-7-3-2-4-8-13/h2-10,15,21H,11H2,1H3,(H,18,19). The Labute approximate surface area is 143 Å². The van der Waals surface area contributed by atoms with Crippen LogP contribution in [0.25, 0.3) is 0 Å². The highest BCUT2D eigenvalue weighted by Gasteiger charge is 2.11. The van der Waals surface area contributed by atoms with E-state index in [1.165, 1.54) is 28.7 Å². The second kappa shape index (κ2) is 7.59. The molecule has 1 unspecified atom stereocenters. The van der Waals surface area contributed by atoms with E-state index in [0.29, 0.717) is 5.75 Å². The molecular formula is C17H17N3OS2. The molecule has 0 aliphatic heterocycles. The van der Waals surface area contributed by atoms with Crippen molar-refractivity contribution < 1.29 is 5.11 Å². The number of thioether (sulfide) groups is 1. The summed E-state index contributed by atoms with van der Waals surface area (Å²) in [5, 5.41) is 22.5. The van der Waals surface area contributed by atoms with E-state index in [9.17, 15) is 5.11 Å². The van der Waals surface area contributed by atoms with E-state index in [-0.39, 0.29) is 0 Å². The first-order chi connectivity index (χ1) is 11.2. The van der Waals surface area contributed by atoms with Crippen LogP contribution in [0, 0.1) is 6.92 Å². The Kier molecular flexibility index (Phi) is 5.27. The molecule has 2 N–H and O–H groups in total. The topological polar surface area (TPSA) is 58.0 Å². The number of aliphatic hydroxyl groups is 1. The third-order valence-corrected chi connectivity index (χ3v) is 5.27. The lowest BCUT2D eigenvalue weighted by molar-refractivity contribution is 0.204. The lowest BCUT2D eigenvalue weighted by Crippen LogP contribution is -1.99. The maximum atomic E-state index is 10.2. The van der Waals surface area contributed by atoms with Crippen molar-refractivity contribution in [1.82, 2.24) is 10.2 Å². The molecule has 1 atom stereocenters. The molecule has 0 aliphatic carbocycles. The number of aromatic nitrogens is 2. The third-order valence-electron chi connectivity index (χ3n) is 3.22. The summed E-state index contributed by atoms with van der Waals surface area (Å²) < 4.78 is 0.843. The van der Waals surface area contributed by atoms with Gasteiger partial charge in [0.2, 0.25) is 5.13 Å². The van der Waals surface area contributed by atoms with Crippen LogP contribution in [0.1, 0.15) is 17.2 Å². The van der Waals surface area contributed by atoms with E-state index < -0.39 is 6.10 Å². The molecule has 0 bridgehead atoms. The van der Waals surface area contributed by atoms with Crippen molar-refractivity contribution in [2.24, 2.45) is 0 Å². The van der Waals surface area contributed by atoms with E-state index >= 15 is 0 Å². The van der Waals surface area contributed by atoms with E-state index in [4.69, 9.17) is 0 Å². The molecule has 1 aromatic heterocycles. The summed E-state index contributed by atoms with van der Waals surface area (Å²) in [6.07, 6.45) is -0.502. The number of aryl methyl sites for hydroxylation is 1. The number of hydrogen-bond acceptors (Lipinski definition) is 6. The average Bonchev–Trinajstić information content (AvgIpc) is 3.01. The Morgan fingerprint density at radius 3 is 2.74 bits per heavy atom. The lowest BCUT2D eigenvalue weighted by atomic mass is 10.1. The number of nitrogens with zero attached hydrogens (tertiary/aromatic N) is 2. The molecule has 0 radical (unpaired) electrons. The Balaban J connectivity index is 1.57. The van der Waals surface area contributed by atoms with Gasteiger partial charge in [-0.05, 0) is 30.2 Å². The van der Waals surface area contributed by atoms with Crippen molar-refractivity contribution in [3.63, 3.8) is 0 Å². The van der Waals surface area contributed by atoms with Crippen molar-refractivity contribution in [2.75, 3.05) is 11.1 Å². The van der Waals surface area contributed by atoms with Crippen LogP contribution in [0.2, 0.25) is 0 Å². The SMILES string of the molecule is Cc1cccc(Nc2nnc(SCC(O)c3ccccc3)s2)c1. The van der Waals surface area contributed by atoms with Gasteiger partial charge in [-0.2, -0.15) is 0 Å². The molecule has 2 aromatic carbocycles. The van der Waals surface area contributed by atoms with Gasteiger partial charge in [-0.15, -0.1) is 10.2 Å². The molecule has 0 amide bonds. The average molecular weight is 343 g/mol. The van der Waals surface area contributed by atoms with Crippen LogP contribution in [-0.4, -0.2) is 21.1 Å². The highest BCUT2D eigenvalue weighted by Crippen LogP contribution is 2.30. The molecule has 0 spiro atoms. The third kappa shape index (κ3) is 4.54. The summed E-state index contributed by atoms with van der Waals surface area (Å²) in [5.74, 6) is 0.559. The maximum absolute atomic E-state index is 10.2. The van der Waals surface area contributed by atoms with Crippen molar-refractivity contribution >= 4 is 33.9 Å². The van der Waals surface area contributed by atoms with Crippen LogP contribution < -0.4 is 5.32 Å². The van der Waals surface area contributed by atoms with Crippen LogP contribution in [0.5, 0.6) is 0 Å². The van der Waals surface area contributed by atoms with Gasteiger partial charge in [0.05, 0.1) is 6.10 Å². The summed E-state index contributed by atoms with van der Waals surface area (Å²) >= 11 is 3.00. The normalized spacial score (nSPS) is 12.1. The Hall–Kier alpha value is -1.89. The highest BCUT2D eigenvalue weighted by molar-refractivity contribution is 8.01. The van der Waals surface area contributed by atoms with Crippen molar-refractivity contribution in [3.05, 3.63) is 65.7 Å². The molecular weight excluding hydrogens is 326 g/mol. The minimum Gasteiger partial charge on any atom is -0.388 e. The minimum atomic E-state index is -0.502. The van der Waals surface area contributed by atoms with Crippen molar-refractivity contribution in [3.8, 4) is 0 Å². The second-order valence-corrected chi connectivity index (χ2v) is 7.35. The van der Waals surface area contributed by atoms with Crippen LogP contribution in [0.15, 0.2) is 58.9 Å². The molecule has 0 fully saturated rings. The van der Waals surface area contributed by atoms with Gasteiger partial charge in [0.25, 0.3) is 0 Å². The smallest absolute Gasteiger partial charge is 0.210 e. The fourth-order valence-corrected chi connectivity index (χ4v) is 3.85. The van der Waals surface area contributed by atoms with Gasteiger partial charge < -0.3 is 10.4 Å². The van der Waals surface area contributed by atoms with Gasteiger partial charge in [-0.3, -0.25) is 0 Å². The summed E-state index contributed by atoms with van der Waals surface area (Å²) in [6, 6.07) is 17.8. The van der Waals surface area contributed by atoms with Crippen LogP contribution in [-0.2, 0) is 0 Å². The van der Waals surface area contributed by atoms with Gasteiger partial charge in [0.15, 0.2) is 4.34 Å². The van der Waals surface area contributed by atoms with Crippen LogP contribution >= 0.6 is 23.1 Å². The summed E-state index contributed by atoms with van der Waals surface area (Å²) in [7, 11) is 0. The molecule has 23 heavy (non-hydrogen) atoms. The first kappa shape index (κ1) is 16.0. The van der Waals surface area contributed by atoms with Crippen molar-refractivity contribution in [2.45, 2.75) is 17.4 Å². The van der Waals surface area contributed by atoms with E-state index in [0.717, 1.165) is 20.7 Å². The van der Waals surface area contributed by atoms with Gasteiger partial charge in [-0.1, -0.05) is 65.6 Å². The monoisotopic (exact) mass is 343 g/mol. The zero-order chi connectivity index (χ0) is 16.1. The number of anilines is 2. The van der Waals surface area contributed by atoms with Crippen LogP contribution in [0.4, 0.5) is 10.8 Å². The predicted octanol–water partition coefficient (Wildman–Crippen LogP) is 4.42. The van der Waals surface area contributed by atoms with E-state index in [2.05, 4.69) is 34.6 Å². The highest BCUT2D eigenvalue weighted by atomic mass is 32.2. The number of aliphatic hydroxyl groups excluding tert-OH is 1. The summed E-state index contributed by atoms with van der Waals surface area (Å²) in [6.45, 7) is 2.05. The molecule has 3 aromatic rings. The van der Waals surface area contributed by atoms with Crippen LogP contribution in [0.3, 0.4) is 0 Å². The lowest BCUT2D eigenvalue weighted by Gasteiger charge is -2.08. The van der Waals surface area contributed by atoms with E-state index in [1.807, 2.05) is 42.5 Å². The molecule has 118 valence electrons. The Morgan fingerprint density at radius 2 is 1.96 bits per heavy atom. The second-order valence-electron chi connectivity index (χ2n) is 5.11. The predicted molar refractivity (Wildman–Crippen MR) is 96.5 cm³/mol. The van der Waals surface area contributed by atoms with Gasteiger partial charge in [0, 0.05) is 11.4 Å². The van der Waals surface area contributed by atoms with Gasteiger partial charge in [0.1, 0.15) is 0 Å². The largest absolute Gasteiger partial charge is 0.388 e. The van der Waals surface area contributed by atoms with Gasteiger partial charge in [-0.25, -0.2) is 0 Å². The summed E-state index contributed by atoms with van der Waals surface area (Å²) in [5.41, 5.74) is 3.12. The minimum absolute atomic E-state index is 0.502. The van der Waals surface area contributed by atoms with E-state index in [1.54, 1.807) is 0 Å². The molecule has 0 aliphatic rings. The molecule has 4 nitrogen and oxygen atoms in total. The maximum Gasteiger partial charge on any atom is 0.210 e. The number of rotatable bonds is 6. The molecule has 1 heterocycles. The number of nitrogens with one attached hydrogen (secondary N) is 1. The zero-order valence-corrected chi connectivity index (χ0v) is 14.3. The number of hydrogen-bond donors (Lipinski definition) is 2. The summed E-state index contributed by atoms with van der Waals surface area (Å²) in [4.78, 5) is 0. The fraction of sp³-hybridized carbons (Fsp3) is 0.176.